The van der Waals surface area contributed by atoms with E-state index in [0.29, 0.717) is 25.7 Å². The van der Waals surface area contributed by atoms with Crippen molar-refractivity contribution in [3.05, 3.63) is 0 Å². The van der Waals surface area contributed by atoms with Crippen LogP contribution in [0.3, 0.4) is 0 Å². The van der Waals surface area contributed by atoms with Crippen LogP contribution >= 0.6 is 0 Å². The highest BCUT2D eigenvalue weighted by Gasteiger charge is 2.36. The molecule has 0 spiro atoms. The second-order valence-corrected chi connectivity index (χ2v) is 5.40. The lowest BCUT2D eigenvalue weighted by molar-refractivity contribution is -0.117. The quantitative estimate of drug-likeness (QED) is 0.600. The Labute approximate surface area is 104 Å². The molecule has 1 aliphatic rings. The van der Waals surface area contributed by atoms with E-state index in [0.717, 1.165) is 32.3 Å². The lowest BCUT2D eigenvalue weighted by atomic mass is 9.88. The molecule has 100 valence electrons. The van der Waals surface area contributed by atoms with Crippen molar-refractivity contribution in [3.8, 4) is 0 Å². The molecule has 0 bridgehead atoms. The number of ether oxygens (including phenoxy) is 2. The Balaban J connectivity index is 2.53. The van der Waals surface area contributed by atoms with E-state index in [4.69, 9.17) is 9.47 Å². The van der Waals surface area contributed by atoms with Crippen LogP contribution < -0.4 is 0 Å². The molecule has 1 saturated heterocycles. The van der Waals surface area contributed by atoms with Crippen LogP contribution in [-0.4, -0.2) is 57.8 Å². The maximum Gasteiger partial charge on any atom is 0.129 e. The Morgan fingerprint density at radius 1 is 1.53 bits per heavy atom. The molecule has 0 aromatic heterocycles. The number of carbonyl (C=O) groups excluding carboxylic acids is 1. The van der Waals surface area contributed by atoms with Gasteiger partial charge in [0.1, 0.15) is 6.29 Å². The van der Waals surface area contributed by atoms with E-state index < -0.39 is 0 Å². The summed E-state index contributed by atoms with van der Waals surface area (Å²) >= 11 is 0. The van der Waals surface area contributed by atoms with Gasteiger partial charge in [0.15, 0.2) is 0 Å². The largest absolute Gasteiger partial charge is 0.383 e. The summed E-state index contributed by atoms with van der Waals surface area (Å²) in [5.74, 6) is 0.595. The van der Waals surface area contributed by atoms with Gasteiger partial charge in [-0.2, -0.15) is 0 Å². The van der Waals surface area contributed by atoms with Gasteiger partial charge in [0.05, 0.1) is 18.6 Å². The van der Waals surface area contributed by atoms with Crippen LogP contribution in [0.4, 0.5) is 0 Å². The van der Waals surface area contributed by atoms with Gasteiger partial charge in [-0.1, -0.05) is 13.8 Å². The number of nitrogens with zero attached hydrogens (tertiary/aromatic N) is 1. The SMILES string of the molecule is COCCN(CC(C)C)CC1(C=O)CCOC1. The molecule has 0 saturated carbocycles. The van der Waals surface area contributed by atoms with E-state index in [1.807, 2.05) is 0 Å². The van der Waals surface area contributed by atoms with Gasteiger partial charge in [-0.25, -0.2) is 0 Å². The molecule has 1 atom stereocenters. The van der Waals surface area contributed by atoms with Crippen LogP contribution in [0.2, 0.25) is 0 Å². The van der Waals surface area contributed by atoms with Gasteiger partial charge in [0.2, 0.25) is 0 Å². The van der Waals surface area contributed by atoms with Crippen LogP contribution in [0.1, 0.15) is 20.3 Å². The summed E-state index contributed by atoms with van der Waals surface area (Å²) in [6, 6.07) is 0. The van der Waals surface area contributed by atoms with E-state index in [1.54, 1.807) is 7.11 Å². The summed E-state index contributed by atoms with van der Waals surface area (Å²) < 4.78 is 10.5. The summed E-state index contributed by atoms with van der Waals surface area (Å²) in [7, 11) is 1.71. The fourth-order valence-electron chi connectivity index (χ4n) is 2.29. The third-order valence-electron chi connectivity index (χ3n) is 3.16. The monoisotopic (exact) mass is 243 g/mol. The van der Waals surface area contributed by atoms with E-state index in [-0.39, 0.29) is 5.41 Å². The second-order valence-electron chi connectivity index (χ2n) is 5.40. The number of methoxy groups -OCH3 is 1. The zero-order valence-corrected chi connectivity index (χ0v) is 11.3. The molecule has 1 unspecified atom stereocenters. The number of hydrogen-bond donors (Lipinski definition) is 0. The summed E-state index contributed by atoms with van der Waals surface area (Å²) in [6.45, 7) is 9.04. The fraction of sp³-hybridized carbons (Fsp3) is 0.923. The van der Waals surface area contributed by atoms with Gasteiger partial charge in [0, 0.05) is 33.4 Å². The summed E-state index contributed by atoms with van der Waals surface area (Å²) in [5, 5.41) is 0. The first-order chi connectivity index (χ1) is 8.12. The molecule has 0 radical (unpaired) electrons. The molecule has 17 heavy (non-hydrogen) atoms. The van der Waals surface area contributed by atoms with Gasteiger partial charge in [-0.05, 0) is 12.3 Å². The average molecular weight is 243 g/mol. The number of hydrogen-bond acceptors (Lipinski definition) is 4. The fourth-order valence-corrected chi connectivity index (χ4v) is 2.29. The zero-order chi connectivity index (χ0) is 12.7. The Bertz CT molecular complexity index is 225. The Hall–Kier alpha value is -0.450. The highest BCUT2D eigenvalue weighted by atomic mass is 16.5. The minimum Gasteiger partial charge on any atom is -0.383 e. The van der Waals surface area contributed by atoms with Crippen LogP contribution in [0, 0.1) is 11.3 Å². The molecule has 1 heterocycles. The van der Waals surface area contributed by atoms with Crippen LogP contribution in [0.5, 0.6) is 0 Å². The number of rotatable bonds is 8. The van der Waals surface area contributed by atoms with Crippen molar-refractivity contribution >= 4 is 6.29 Å². The normalized spacial score (nSPS) is 24.8. The molecule has 4 heteroatoms. The minimum atomic E-state index is -0.289. The standard InChI is InChI=1S/C13H25NO3/c1-12(2)8-14(5-7-16-3)9-13(10-15)4-6-17-11-13/h10,12H,4-9,11H2,1-3H3. The predicted octanol–water partition coefficient (Wildman–Crippen LogP) is 1.20. The van der Waals surface area contributed by atoms with Crippen LogP contribution in [0.25, 0.3) is 0 Å². The topological polar surface area (TPSA) is 38.8 Å². The first kappa shape index (κ1) is 14.6. The van der Waals surface area contributed by atoms with Gasteiger partial charge in [-0.15, -0.1) is 0 Å². The summed E-state index contributed by atoms with van der Waals surface area (Å²) in [6.07, 6.45) is 1.93. The van der Waals surface area contributed by atoms with Crippen molar-refractivity contribution in [1.29, 1.82) is 0 Å². The molecule has 1 aliphatic heterocycles. The number of carbonyl (C=O) groups is 1. The molecule has 1 rings (SSSR count). The molecular weight excluding hydrogens is 218 g/mol. The maximum atomic E-state index is 11.3. The van der Waals surface area contributed by atoms with Gasteiger partial charge in [-0.3, -0.25) is 4.90 Å². The maximum absolute atomic E-state index is 11.3. The lowest BCUT2D eigenvalue weighted by Crippen LogP contribution is -2.42. The Kier molecular flexibility index (Phi) is 6.09. The molecule has 1 fully saturated rings. The first-order valence-electron chi connectivity index (χ1n) is 6.37. The smallest absolute Gasteiger partial charge is 0.129 e. The third kappa shape index (κ3) is 4.74. The van der Waals surface area contributed by atoms with Crippen molar-refractivity contribution in [1.82, 2.24) is 4.90 Å². The predicted molar refractivity (Wildman–Crippen MR) is 67.1 cm³/mol. The van der Waals surface area contributed by atoms with Crippen molar-refractivity contribution in [2.24, 2.45) is 11.3 Å². The molecule has 0 aliphatic carbocycles. The molecule has 0 aromatic carbocycles. The highest BCUT2D eigenvalue weighted by molar-refractivity contribution is 5.60. The van der Waals surface area contributed by atoms with E-state index in [2.05, 4.69) is 18.7 Å². The summed E-state index contributed by atoms with van der Waals surface area (Å²) in [5.41, 5.74) is -0.289. The van der Waals surface area contributed by atoms with Crippen molar-refractivity contribution < 1.29 is 14.3 Å². The molecule has 4 nitrogen and oxygen atoms in total. The van der Waals surface area contributed by atoms with Crippen molar-refractivity contribution in [2.45, 2.75) is 20.3 Å². The van der Waals surface area contributed by atoms with Crippen LogP contribution in [-0.2, 0) is 14.3 Å². The van der Waals surface area contributed by atoms with Crippen LogP contribution in [0.15, 0.2) is 0 Å². The van der Waals surface area contributed by atoms with E-state index >= 15 is 0 Å². The van der Waals surface area contributed by atoms with E-state index in [1.165, 1.54) is 0 Å². The van der Waals surface area contributed by atoms with Crippen molar-refractivity contribution in [3.63, 3.8) is 0 Å². The van der Waals surface area contributed by atoms with E-state index in [9.17, 15) is 4.79 Å². The Morgan fingerprint density at radius 3 is 2.76 bits per heavy atom. The first-order valence-corrected chi connectivity index (χ1v) is 6.37. The average Bonchev–Trinajstić information content (AvgIpc) is 2.74. The molecule has 0 amide bonds. The molecule has 0 N–H and O–H groups in total. The van der Waals surface area contributed by atoms with Gasteiger partial charge < -0.3 is 14.3 Å². The second kappa shape index (κ2) is 7.09. The minimum absolute atomic E-state index is 0.289. The lowest BCUT2D eigenvalue weighted by Gasteiger charge is -2.31. The Morgan fingerprint density at radius 2 is 2.29 bits per heavy atom. The van der Waals surface area contributed by atoms with Crippen molar-refractivity contribution in [2.75, 3.05) is 46.6 Å². The zero-order valence-electron chi connectivity index (χ0n) is 11.3. The third-order valence-corrected chi connectivity index (χ3v) is 3.16. The number of aldehydes is 1. The molecule has 0 aromatic rings. The summed E-state index contributed by atoms with van der Waals surface area (Å²) in [4.78, 5) is 13.6. The highest BCUT2D eigenvalue weighted by Crippen LogP contribution is 2.27. The molecular formula is C13H25NO3. The van der Waals surface area contributed by atoms with Gasteiger partial charge >= 0.3 is 0 Å². The van der Waals surface area contributed by atoms with Gasteiger partial charge in [0.25, 0.3) is 0 Å².